The second kappa shape index (κ2) is 11.6. The van der Waals surface area contributed by atoms with Gasteiger partial charge in [-0.15, -0.1) is 0 Å². The lowest BCUT2D eigenvalue weighted by atomic mass is 9.95. The smallest absolute Gasteiger partial charge is 0.189 e. The molecule has 182 valence electrons. The second-order valence-corrected chi connectivity index (χ2v) is 9.18. The molecule has 1 aliphatic heterocycles. The van der Waals surface area contributed by atoms with Gasteiger partial charge in [0.25, 0.3) is 0 Å². The summed E-state index contributed by atoms with van der Waals surface area (Å²) in [5.74, 6) is 1.80. The van der Waals surface area contributed by atoms with Gasteiger partial charge in [0.05, 0.1) is 5.56 Å². The Morgan fingerprint density at radius 1 is 1.06 bits per heavy atom. The van der Waals surface area contributed by atoms with E-state index in [1.165, 1.54) is 5.57 Å². The molecule has 0 unspecified atom stereocenters. The van der Waals surface area contributed by atoms with Crippen molar-refractivity contribution in [2.45, 2.75) is 39.7 Å². The first-order valence-corrected chi connectivity index (χ1v) is 11.7. The van der Waals surface area contributed by atoms with Crippen molar-refractivity contribution in [3.05, 3.63) is 102 Å². The predicted octanol–water partition coefficient (Wildman–Crippen LogP) is 7.41. The summed E-state index contributed by atoms with van der Waals surface area (Å²) in [5, 5.41) is 0. The molecule has 2 aromatic rings. The summed E-state index contributed by atoms with van der Waals surface area (Å²) in [5.41, 5.74) is 4.38. The van der Waals surface area contributed by atoms with Crippen molar-refractivity contribution in [2.24, 2.45) is 0 Å². The Labute approximate surface area is 208 Å². The zero-order valence-corrected chi connectivity index (χ0v) is 21.1. The Morgan fingerprint density at radius 3 is 2.51 bits per heavy atom. The molecule has 0 amide bonds. The highest BCUT2D eigenvalue weighted by atomic mass is 16.5. The summed E-state index contributed by atoms with van der Waals surface area (Å²) < 4.78 is 17.6. The average Bonchev–Trinajstić information content (AvgIpc) is 2.83. The Hall–Kier alpha value is -3.79. The van der Waals surface area contributed by atoms with Gasteiger partial charge < -0.3 is 14.2 Å². The van der Waals surface area contributed by atoms with E-state index >= 15 is 0 Å². The molecule has 0 bridgehead atoms. The maximum absolute atomic E-state index is 13.1. The number of fused-ring (bicyclic) bond motifs is 1. The zero-order chi connectivity index (χ0) is 25.4. The molecule has 0 saturated carbocycles. The molecular formula is C31H34O4. The standard InChI is InChI=1S/C31H34O4/c1-7-17-33-26-12-13-27(29(21-26)34-18-8-2)28(32)14-10-23-19-24(11-9-22(3)4)30-25(20-23)15-16-31(5,6)35-30/h7-10,12-16,19-21H,1-2,11,17-18H2,3-6H3/b14-10+. The first-order chi connectivity index (χ1) is 16.7. The van der Waals surface area contributed by atoms with E-state index in [0.717, 1.165) is 28.9 Å². The van der Waals surface area contributed by atoms with Crippen LogP contribution >= 0.6 is 0 Å². The van der Waals surface area contributed by atoms with Crippen LogP contribution in [-0.2, 0) is 6.42 Å². The number of carbonyl (C=O) groups is 1. The lowest BCUT2D eigenvalue weighted by Gasteiger charge is -2.29. The molecule has 0 fully saturated rings. The highest BCUT2D eigenvalue weighted by Gasteiger charge is 2.24. The summed E-state index contributed by atoms with van der Waals surface area (Å²) >= 11 is 0. The zero-order valence-electron chi connectivity index (χ0n) is 21.1. The normalized spacial score (nSPS) is 13.5. The molecule has 0 aliphatic carbocycles. The molecule has 3 rings (SSSR count). The molecule has 35 heavy (non-hydrogen) atoms. The van der Waals surface area contributed by atoms with E-state index in [-0.39, 0.29) is 18.0 Å². The Balaban J connectivity index is 1.92. The van der Waals surface area contributed by atoms with E-state index in [1.807, 2.05) is 26.0 Å². The van der Waals surface area contributed by atoms with Crippen LogP contribution in [0.5, 0.6) is 17.2 Å². The van der Waals surface area contributed by atoms with Crippen molar-refractivity contribution in [1.82, 2.24) is 0 Å². The van der Waals surface area contributed by atoms with Crippen LogP contribution in [0.4, 0.5) is 0 Å². The van der Waals surface area contributed by atoms with Crippen molar-refractivity contribution in [1.29, 1.82) is 0 Å². The molecule has 4 nitrogen and oxygen atoms in total. The second-order valence-electron chi connectivity index (χ2n) is 9.18. The maximum atomic E-state index is 13.1. The third kappa shape index (κ3) is 7.10. The Bertz CT molecular complexity index is 1190. The number of ketones is 1. The van der Waals surface area contributed by atoms with E-state index < -0.39 is 0 Å². The summed E-state index contributed by atoms with van der Waals surface area (Å²) in [6.45, 7) is 16.3. The first kappa shape index (κ1) is 25.8. The number of benzene rings is 2. The first-order valence-electron chi connectivity index (χ1n) is 11.7. The molecule has 0 N–H and O–H groups in total. The minimum atomic E-state index is -0.358. The topological polar surface area (TPSA) is 44.8 Å². The van der Waals surface area contributed by atoms with Gasteiger partial charge in [0.2, 0.25) is 0 Å². The molecule has 0 spiro atoms. The highest BCUT2D eigenvalue weighted by molar-refractivity contribution is 6.08. The molecular weight excluding hydrogens is 436 g/mol. The van der Waals surface area contributed by atoms with Crippen LogP contribution in [0.25, 0.3) is 12.2 Å². The fraction of sp³-hybridized carbons (Fsp3) is 0.258. The van der Waals surface area contributed by atoms with E-state index in [2.05, 4.69) is 51.3 Å². The van der Waals surface area contributed by atoms with Crippen molar-refractivity contribution in [2.75, 3.05) is 13.2 Å². The number of hydrogen-bond acceptors (Lipinski definition) is 4. The van der Waals surface area contributed by atoms with E-state index in [4.69, 9.17) is 14.2 Å². The average molecular weight is 471 g/mol. The SMILES string of the molecule is C=CCOc1ccc(C(=O)/C=C/c2cc3c(c(CC=C(C)C)c2)OC(C)(C)C=C3)c(OCC=C)c1. The van der Waals surface area contributed by atoms with Gasteiger partial charge in [-0.2, -0.15) is 0 Å². The largest absolute Gasteiger partial charge is 0.489 e. The minimum Gasteiger partial charge on any atom is -0.489 e. The number of carbonyl (C=O) groups excluding carboxylic acids is 1. The van der Waals surface area contributed by atoms with E-state index in [1.54, 1.807) is 36.4 Å². The summed E-state index contributed by atoms with van der Waals surface area (Å²) in [4.78, 5) is 13.1. The van der Waals surface area contributed by atoms with Crippen LogP contribution in [0.1, 0.15) is 54.7 Å². The minimum absolute atomic E-state index is 0.157. The third-order valence-electron chi connectivity index (χ3n) is 5.35. The maximum Gasteiger partial charge on any atom is 0.189 e. The van der Waals surface area contributed by atoms with Crippen molar-refractivity contribution >= 4 is 17.9 Å². The van der Waals surface area contributed by atoms with E-state index in [0.29, 0.717) is 23.7 Å². The van der Waals surface area contributed by atoms with Gasteiger partial charge in [-0.05, 0) is 81.7 Å². The van der Waals surface area contributed by atoms with Crippen molar-refractivity contribution in [3.8, 4) is 17.2 Å². The molecule has 4 heteroatoms. The molecule has 0 radical (unpaired) electrons. The molecule has 0 atom stereocenters. The lowest BCUT2D eigenvalue weighted by Crippen LogP contribution is -2.28. The van der Waals surface area contributed by atoms with Crippen molar-refractivity contribution < 1.29 is 19.0 Å². The molecule has 2 aromatic carbocycles. The molecule has 0 saturated heterocycles. The van der Waals surface area contributed by atoms with Gasteiger partial charge >= 0.3 is 0 Å². The monoisotopic (exact) mass is 470 g/mol. The third-order valence-corrected chi connectivity index (χ3v) is 5.35. The number of ether oxygens (including phenoxy) is 3. The molecule has 1 aliphatic rings. The summed E-state index contributed by atoms with van der Waals surface area (Å²) in [6, 6.07) is 9.31. The van der Waals surface area contributed by atoms with Crippen LogP contribution in [0.3, 0.4) is 0 Å². The Morgan fingerprint density at radius 2 is 1.80 bits per heavy atom. The van der Waals surface area contributed by atoms with E-state index in [9.17, 15) is 4.79 Å². The van der Waals surface area contributed by atoms with Crippen LogP contribution in [-0.4, -0.2) is 24.6 Å². The van der Waals surface area contributed by atoms with Gasteiger partial charge in [0.15, 0.2) is 5.78 Å². The summed E-state index contributed by atoms with van der Waals surface area (Å²) in [7, 11) is 0. The molecule has 0 aromatic heterocycles. The van der Waals surface area contributed by atoms with Gasteiger partial charge in [-0.25, -0.2) is 0 Å². The quantitative estimate of drug-likeness (QED) is 0.195. The van der Waals surface area contributed by atoms with Gasteiger partial charge in [0, 0.05) is 11.6 Å². The molecule has 1 heterocycles. The lowest BCUT2D eigenvalue weighted by molar-refractivity contribution is 0.104. The van der Waals surface area contributed by atoms with Gasteiger partial charge in [0.1, 0.15) is 36.1 Å². The van der Waals surface area contributed by atoms with Crippen LogP contribution in [0.2, 0.25) is 0 Å². The number of allylic oxidation sites excluding steroid dienone is 3. The van der Waals surface area contributed by atoms with Crippen LogP contribution in [0, 0.1) is 0 Å². The summed E-state index contributed by atoms with van der Waals surface area (Å²) in [6.07, 6.45) is 13.8. The van der Waals surface area contributed by atoms with Crippen LogP contribution in [0.15, 0.2) is 79.4 Å². The van der Waals surface area contributed by atoms with Gasteiger partial charge in [-0.3, -0.25) is 4.79 Å². The predicted molar refractivity (Wildman–Crippen MR) is 145 cm³/mol. The van der Waals surface area contributed by atoms with Crippen LogP contribution < -0.4 is 14.2 Å². The van der Waals surface area contributed by atoms with Gasteiger partial charge in [-0.1, -0.05) is 49.1 Å². The Kier molecular flexibility index (Phi) is 8.53. The number of rotatable bonds is 11. The van der Waals surface area contributed by atoms with Crippen molar-refractivity contribution in [3.63, 3.8) is 0 Å². The fourth-order valence-corrected chi connectivity index (χ4v) is 3.62. The highest BCUT2D eigenvalue weighted by Crippen LogP contribution is 2.36. The fourth-order valence-electron chi connectivity index (χ4n) is 3.62. The number of hydrogen-bond donors (Lipinski definition) is 0.